The lowest BCUT2D eigenvalue weighted by atomic mass is 9.78. The Morgan fingerprint density at radius 2 is 1.32 bits per heavy atom. The van der Waals surface area contributed by atoms with Gasteiger partial charge in [-0.15, -0.1) is 0 Å². The minimum absolute atomic E-state index is 0.00551. The third kappa shape index (κ3) is 1.67. The van der Waals surface area contributed by atoms with E-state index in [9.17, 15) is 4.79 Å². The van der Waals surface area contributed by atoms with Crippen LogP contribution in [0.25, 0.3) is 0 Å². The van der Waals surface area contributed by atoms with E-state index >= 15 is 0 Å². The van der Waals surface area contributed by atoms with Gasteiger partial charge in [0.15, 0.2) is 0 Å². The molecule has 0 aliphatic carbocycles. The fraction of sp³-hybridized carbons (Fsp3) is 0.938. The molecule has 0 spiro atoms. The van der Waals surface area contributed by atoms with Crippen molar-refractivity contribution in [2.45, 2.75) is 31.6 Å². The molecule has 0 bridgehead atoms. The predicted octanol–water partition coefficient (Wildman–Crippen LogP) is -0.139. The number of carbonyl (C=O) groups is 1. The summed E-state index contributed by atoms with van der Waals surface area (Å²) in [6, 6.07) is 0. The quantitative estimate of drug-likeness (QED) is 0.628. The zero-order valence-corrected chi connectivity index (χ0v) is 14.0. The largest absolute Gasteiger partial charge is 0.469 e. The Kier molecular flexibility index (Phi) is 3.31. The van der Waals surface area contributed by atoms with Gasteiger partial charge in [0.25, 0.3) is 0 Å². The van der Waals surface area contributed by atoms with Gasteiger partial charge in [-0.05, 0) is 20.3 Å². The summed E-state index contributed by atoms with van der Waals surface area (Å²) in [4.78, 5) is 22.5. The number of methoxy groups -OCH3 is 1. The van der Waals surface area contributed by atoms with Gasteiger partial charge in [-0.2, -0.15) is 0 Å². The molecule has 0 aromatic heterocycles. The Balaban J connectivity index is 1.72. The minimum Gasteiger partial charge on any atom is -0.469 e. The van der Waals surface area contributed by atoms with Crippen molar-refractivity contribution in [1.82, 2.24) is 19.6 Å². The summed E-state index contributed by atoms with van der Waals surface area (Å²) in [5.41, 5.74) is 0.0529. The first-order valence-electron chi connectivity index (χ1n) is 8.60. The van der Waals surface area contributed by atoms with Gasteiger partial charge >= 0.3 is 5.97 Å². The SMILES string of the molecule is COC(=O)C1CN2CCN3CCCN4CCN(C1)C2(C)C34C. The first kappa shape index (κ1) is 14.9. The third-order valence-electron chi connectivity index (χ3n) is 6.91. The van der Waals surface area contributed by atoms with Gasteiger partial charge in [0.1, 0.15) is 11.3 Å². The Hall–Kier alpha value is -0.690. The monoisotopic (exact) mass is 308 g/mol. The first-order valence-corrected chi connectivity index (χ1v) is 8.60. The maximum absolute atomic E-state index is 12.1. The molecule has 4 saturated heterocycles. The molecule has 6 heteroatoms. The number of nitrogens with zero attached hydrogens (tertiary/aromatic N) is 4. The van der Waals surface area contributed by atoms with Crippen LogP contribution < -0.4 is 0 Å². The van der Waals surface area contributed by atoms with Gasteiger partial charge in [-0.25, -0.2) is 0 Å². The molecule has 0 amide bonds. The van der Waals surface area contributed by atoms with Crippen LogP contribution in [0.3, 0.4) is 0 Å². The normalized spacial score (nSPS) is 43.7. The third-order valence-corrected chi connectivity index (χ3v) is 6.91. The number of carbonyl (C=O) groups excluding carboxylic acids is 1. The molecule has 0 radical (unpaired) electrons. The topological polar surface area (TPSA) is 39.3 Å². The van der Waals surface area contributed by atoms with E-state index < -0.39 is 0 Å². The molecule has 0 aromatic carbocycles. The first-order chi connectivity index (χ1) is 10.5. The van der Waals surface area contributed by atoms with E-state index in [-0.39, 0.29) is 23.2 Å². The van der Waals surface area contributed by atoms with Crippen LogP contribution in [0.15, 0.2) is 0 Å². The molecule has 0 saturated carbocycles. The maximum atomic E-state index is 12.1. The summed E-state index contributed by atoms with van der Waals surface area (Å²) < 4.78 is 5.03. The van der Waals surface area contributed by atoms with Gasteiger partial charge in [-0.3, -0.25) is 24.4 Å². The van der Waals surface area contributed by atoms with Crippen molar-refractivity contribution in [2.75, 3.05) is 59.5 Å². The Morgan fingerprint density at radius 3 is 1.82 bits per heavy atom. The fourth-order valence-electron chi connectivity index (χ4n) is 5.51. The van der Waals surface area contributed by atoms with E-state index in [1.165, 1.54) is 26.6 Å². The van der Waals surface area contributed by atoms with Crippen molar-refractivity contribution in [3.8, 4) is 0 Å². The highest BCUT2D eigenvalue weighted by atomic mass is 16.5. The average molecular weight is 308 g/mol. The van der Waals surface area contributed by atoms with E-state index in [2.05, 4.69) is 33.4 Å². The molecule has 0 unspecified atom stereocenters. The van der Waals surface area contributed by atoms with Crippen molar-refractivity contribution >= 4 is 5.97 Å². The molecule has 4 aliphatic rings. The number of ether oxygens (including phenoxy) is 1. The summed E-state index contributed by atoms with van der Waals surface area (Å²) in [7, 11) is 1.51. The van der Waals surface area contributed by atoms with Crippen LogP contribution in [-0.4, -0.2) is 96.4 Å². The van der Waals surface area contributed by atoms with Crippen LogP contribution in [0, 0.1) is 5.92 Å². The summed E-state index contributed by atoms with van der Waals surface area (Å²) in [6.45, 7) is 13.2. The number of hydrogen-bond donors (Lipinski definition) is 0. The van der Waals surface area contributed by atoms with Crippen LogP contribution in [0.4, 0.5) is 0 Å². The highest BCUT2D eigenvalue weighted by molar-refractivity contribution is 5.73. The second-order valence-corrected chi connectivity index (χ2v) is 7.48. The molecule has 22 heavy (non-hydrogen) atoms. The van der Waals surface area contributed by atoms with Crippen LogP contribution in [0.2, 0.25) is 0 Å². The summed E-state index contributed by atoms with van der Waals surface area (Å²) >= 11 is 0. The molecule has 0 atom stereocenters. The van der Waals surface area contributed by atoms with E-state index in [0.29, 0.717) is 0 Å². The number of piperazine rings is 2. The summed E-state index contributed by atoms with van der Waals surface area (Å²) in [6.07, 6.45) is 1.27. The standard InChI is InChI=1S/C16H28N4O2/c1-15-16(2)19-9-7-17(15)5-4-6-18(15)8-10-20(16)12-13(11-19)14(21)22-3/h13H,4-12H2,1-3H3. The molecule has 124 valence electrons. The second-order valence-electron chi connectivity index (χ2n) is 7.48. The molecule has 4 aliphatic heterocycles. The van der Waals surface area contributed by atoms with E-state index in [4.69, 9.17) is 4.74 Å². The highest BCUT2D eigenvalue weighted by Gasteiger charge is 2.65. The molecule has 6 nitrogen and oxygen atoms in total. The number of hydrogen-bond acceptors (Lipinski definition) is 6. The molecule has 4 heterocycles. The van der Waals surface area contributed by atoms with E-state index in [0.717, 1.165) is 39.3 Å². The van der Waals surface area contributed by atoms with Crippen LogP contribution >= 0.6 is 0 Å². The van der Waals surface area contributed by atoms with Crippen molar-refractivity contribution < 1.29 is 9.53 Å². The Labute approximate surface area is 133 Å². The zero-order chi connectivity index (χ0) is 15.5. The molecule has 0 aromatic rings. The van der Waals surface area contributed by atoms with E-state index in [1.807, 2.05) is 0 Å². The molecule has 0 N–H and O–H groups in total. The smallest absolute Gasteiger partial charge is 0.311 e. The van der Waals surface area contributed by atoms with Gasteiger partial charge in [0.2, 0.25) is 0 Å². The minimum atomic E-state index is -0.0549. The highest BCUT2D eigenvalue weighted by Crippen LogP contribution is 2.48. The lowest BCUT2D eigenvalue weighted by Crippen LogP contribution is -2.89. The van der Waals surface area contributed by atoms with Gasteiger partial charge in [0, 0.05) is 52.4 Å². The molecular formula is C16H28N4O2. The van der Waals surface area contributed by atoms with Crippen molar-refractivity contribution in [2.24, 2.45) is 5.92 Å². The summed E-state index contributed by atoms with van der Waals surface area (Å²) in [5.74, 6) is -0.0657. The van der Waals surface area contributed by atoms with Gasteiger partial charge in [0.05, 0.1) is 13.0 Å². The Morgan fingerprint density at radius 1 is 0.864 bits per heavy atom. The Bertz CT molecular complexity index is 457. The lowest BCUT2D eigenvalue weighted by molar-refractivity contribution is -0.291. The lowest BCUT2D eigenvalue weighted by Gasteiger charge is -2.73. The number of esters is 1. The van der Waals surface area contributed by atoms with Crippen LogP contribution in [0.5, 0.6) is 0 Å². The van der Waals surface area contributed by atoms with Crippen molar-refractivity contribution in [1.29, 1.82) is 0 Å². The van der Waals surface area contributed by atoms with Crippen LogP contribution in [-0.2, 0) is 9.53 Å². The number of rotatable bonds is 1. The van der Waals surface area contributed by atoms with E-state index in [1.54, 1.807) is 0 Å². The molecule has 4 rings (SSSR count). The van der Waals surface area contributed by atoms with Gasteiger partial charge in [-0.1, -0.05) is 0 Å². The average Bonchev–Trinajstić information content (AvgIpc) is 2.52. The van der Waals surface area contributed by atoms with Gasteiger partial charge < -0.3 is 4.74 Å². The molecule has 4 fully saturated rings. The maximum Gasteiger partial charge on any atom is 0.311 e. The second kappa shape index (κ2) is 4.90. The zero-order valence-electron chi connectivity index (χ0n) is 14.0. The predicted molar refractivity (Wildman–Crippen MR) is 83.2 cm³/mol. The van der Waals surface area contributed by atoms with Crippen molar-refractivity contribution in [3.63, 3.8) is 0 Å². The fourth-order valence-corrected chi connectivity index (χ4v) is 5.51. The molecular weight excluding hydrogens is 280 g/mol. The van der Waals surface area contributed by atoms with Crippen molar-refractivity contribution in [3.05, 3.63) is 0 Å². The van der Waals surface area contributed by atoms with Crippen LogP contribution in [0.1, 0.15) is 20.3 Å². The summed E-state index contributed by atoms with van der Waals surface area (Å²) in [5, 5.41) is 0.